The van der Waals surface area contributed by atoms with Gasteiger partial charge in [0.05, 0.1) is 39.8 Å². The fourth-order valence-corrected chi connectivity index (χ4v) is 3.96. The lowest BCUT2D eigenvalue weighted by Gasteiger charge is -2.27. The summed E-state index contributed by atoms with van der Waals surface area (Å²) in [6.45, 7) is 5.93. The number of halogens is 2. The summed E-state index contributed by atoms with van der Waals surface area (Å²) in [5.74, 6) is -0.291. The number of hydrogen-bond acceptors (Lipinski definition) is 4. The Labute approximate surface area is 221 Å². The molecule has 0 spiro atoms. The zero-order chi connectivity index (χ0) is 26.2. The number of carboxylic acid groups (broad SMARTS) is 1. The maximum Gasteiger partial charge on any atom is 0.336 e. The van der Waals surface area contributed by atoms with Crippen LogP contribution in [-0.2, 0) is 4.79 Å². The molecule has 1 aliphatic rings. The molecule has 0 atom stereocenters. The van der Waals surface area contributed by atoms with Crippen LogP contribution >= 0.6 is 23.2 Å². The van der Waals surface area contributed by atoms with Crippen LogP contribution in [0.4, 0.5) is 5.69 Å². The molecular formula is C29H28Cl2N2O3. The van der Waals surface area contributed by atoms with Gasteiger partial charge in [0.2, 0.25) is 0 Å². The molecule has 0 fully saturated rings. The Morgan fingerprint density at radius 1 is 1.03 bits per heavy atom. The summed E-state index contributed by atoms with van der Waals surface area (Å²) in [4.78, 5) is 12.1. The lowest BCUT2D eigenvalue weighted by Crippen LogP contribution is -2.21. The average Bonchev–Trinajstić information content (AvgIpc) is 2.90. The second kappa shape index (κ2) is 12.4. The van der Waals surface area contributed by atoms with Gasteiger partial charge in [-0.2, -0.15) is 5.10 Å². The summed E-state index contributed by atoms with van der Waals surface area (Å²) < 4.78 is 5.28. The summed E-state index contributed by atoms with van der Waals surface area (Å²) in [7, 11) is 1.61. The predicted molar refractivity (Wildman–Crippen MR) is 150 cm³/mol. The summed E-state index contributed by atoms with van der Waals surface area (Å²) >= 11 is 12.4. The monoisotopic (exact) mass is 522 g/mol. The lowest BCUT2D eigenvalue weighted by atomic mass is 10.0. The van der Waals surface area contributed by atoms with Crippen LogP contribution in [0, 0.1) is 6.92 Å². The van der Waals surface area contributed by atoms with E-state index in [9.17, 15) is 9.90 Å². The van der Waals surface area contributed by atoms with Crippen LogP contribution in [0.25, 0.3) is 11.3 Å². The van der Waals surface area contributed by atoms with Crippen molar-refractivity contribution in [3.63, 3.8) is 0 Å². The van der Waals surface area contributed by atoms with Gasteiger partial charge in [-0.1, -0.05) is 79.0 Å². The minimum absolute atomic E-state index is 0.184. The number of methoxy groups -OCH3 is 1. The molecule has 0 unspecified atom stereocenters. The lowest BCUT2D eigenvalue weighted by molar-refractivity contribution is -0.130. The van der Waals surface area contributed by atoms with Gasteiger partial charge < -0.3 is 9.84 Å². The fraction of sp³-hybridized carbons (Fsp3) is 0.172. The van der Waals surface area contributed by atoms with E-state index >= 15 is 0 Å². The van der Waals surface area contributed by atoms with Crippen molar-refractivity contribution in [1.29, 1.82) is 0 Å². The molecule has 0 saturated heterocycles. The van der Waals surface area contributed by atoms with Gasteiger partial charge in [-0.15, -0.1) is 0 Å². The molecule has 0 saturated carbocycles. The molecule has 0 amide bonds. The number of carboxylic acids is 1. The predicted octanol–water partition coefficient (Wildman–Crippen LogP) is 8.11. The molecule has 36 heavy (non-hydrogen) atoms. The minimum atomic E-state index is -1.01. The van der Waals surface area contributed by atoms with Gasteiger partial charge in [-0.05, 0) is 55.0 Å². The minimum Gasteiger partial charge on any atom is -0.497 e. The van der Waals surface area contributed by atoms with Gasteiger partial charge in [0.25, 0.3) is 0 Å². The van der Waals surface area contributed by atoms with Crippen LogP contribution in [0.5, 0.6) is 5.75 Å². The smallest absolute Gasteiger partial charge is 0.336 e. The maximum atomic E-state index is 12.1. The zero-order valence-corrected chi connectivity index (χ0v) is 22.1. The molecule has 3 aromatic rings. The van der Waals surface area contributed by atoms with Crippen LogP contribution in [0.2, 0.25) is 10.0 Å². The Hall–Kier alpha value is -3.54. The molecule has 0 aromatic heterocycles. The maximum absolute atomic E-state index is 12.1. The van der Waals surface area contributed by atoms with Crippen molar-refractivity contribution < 1.29 is 14.6 Å². The number of allylic oxidation sites excluding steroid dienone is 2. The molecule has 1 N–H and O–H groups in total. The van der Waals surface area contributed by atoms with Gasteiger partial charge in [0.1, 0.15) is 5.75 Å². The molecule has 5 nitrogen and oxygen atoms in total. The van der Waals surface area contributed by atoms with E-state index < -0.39 is 5.97 Å². The van der Waals surface area contributed by atoms with Crippen LogP contribution in [0.15, 0.2) is 84.0 Å². The highest BCUT2D eigenvalue weighted by atomic mass is 35.5. The molecule has 3 aromatic carbocycles. The normalized spacial score (nSPS) is 13.3. The SMILES string of the molecule is CC.COc1ccc(N2N=C(/C=C(/C(=O)O)c3cccc(C)c3)CC=C2c2ccc(Cl)c(Cl)c2)cc1. The van der Waals surface area contributed by atoms with Crippen molar-refractivity contribution in [2.45, 2.75) is 27.2 Å². The highest BCUT2D eigenvalue weighted by Gasteiger charge is 2.21. The first-order chi connectivity index (χ1) is 17.4. The number of hydrogen-bond donors (Lipinski definition) is 1. The van der Waals surface area contributed by atoms with E-state index in [1.165, 1.54) is 0 Å². The first-order valence-electron chi connectivity index (χ1n) is 11.5. The Morgan fingerprint density at radius 2 is 1.75 bits per heavy atom. The molecule has 186 valence electrons. The number of aliphatic carboxylic acids is 1. The third-order valence-corrected chi connectivity index (χ3v) is 6.10. The summed E-state index contributed by atoms with van der Waals surface area (Å²) in [5, 5.41) is 17.4. The van der Waals surface area contributed by atoms with E-state index in [0.29, 0.717) is 27.7 Å². The van der Waals surface area contributed by atoms with Gasteiger partial charge in [0.15, 0.2) is 0 Å². The second-order valence-corrected chi connectivity index (χ2v) is 8.57. The van der Waals surface area contributed by atoms with Crippen molar-refractivity contribution >= 4 is 51.8 Å². The van der Waals surface area contributed by atoms with E-state index in [1.807, 2.05) is 75.4 Å². The Bertz CT molecular complexity index is 1330. The number of anilines is 1. The molecule has 0 bridgehead atoms. The first-order valence-corrected chi connectivity index (χ1v) is 12.3. The second-order valence-electron chi connectivity index (χ2n) is 7.76. The molecule has 0 aliphatic carbocycles. The van der Waals surface area contributed by atoms with E-state index in [1.54, 1.807) is 36.4 Å². The fourth-order valence-electron chi connectivity index (χ4n) is 3.66. The van der Waals surface area contributed by atoms with E-state index in [4.69, 9.17) is 33.0 Å². The van der Waals surface area contributed by atoms with Crippen LogP contribution < -0.4 is 9.75 Å². The van der Waals surface area contributed by atoms with Crippen LogP contribution in [0.3, 0.4) is 0 Å². The van der Waals surface area contributed by atoms with E-state index in [0.717, 1.165) is 28.3 Å². The number of hydrazone groups is 1. The number of rotatable bonds is 6. The molecule has 1 heterocycles. The summed E-state index contributed by atoms with van der Waals surface area (Å²) in [6.07, 6.45) is 4.07. The average molecular weight is 523 g/mol. The van der Waals surface area contributed by atoms with Gasteiger partial charge >= 0.3 is 5.97 Å². The first kappa shape index (κ1) is 27.1. The van der Waals surface area contributed by atoms with Crippen LogP contribution in [-0.4, -0.2) is 23.9 Å². The number of ether oxygens (including phenoxy) is 1. The molecule has 4 rings (SSSR count). The van der Waals surface area contributed by atoms with Crippen molar-refractivity contribution in [2.24, 2.45) is 5.10 Å². The Balaban J connectivity index is 0.00000176. The number of aryl methyl sites for hydroxylation is 1. The summed E-state index contributed by atoms with van der Waals surface area (Å²) in [6, 6.07) is 20.3. The Kier molecular flexibility index (Phi) is 9.34. The summed E-state index contributed by atoms with van der Waals surface area (Å²) in [5.41, 5.74) is 4.85. The topological polar surface area (TPSA) is 62.1 Å². The molecular weight excluding hydrogens is 495 g/mol. The molecule has 7 heteroatoms. The number of carbonyl (C=O) groups is 1. The highest BCUT2D eigenvalue weighted by molar-refractivity contribution is 6.42. The third-order valence-electron chi connectivity index (χ3n) is 5.36. The van der Waals surface area contributed by atoms with Crippen molar-refractivity contribution in [3.05, 3.63) is 106 Å². The van der Waals surface area contributed by atoms with Crippen LogP contribution in [0.1, 0.15) is 37.0 Å². The van der Waals surface area contributed by atoms with Gasteiger partial charge in [-0.25, -0.2) is 9.80 Å². The molecule has 0 radical (unpaired) electrons. The number of benzene rings is 3. The van der Waals surface area contributed by atoms with Crippen molar-refractivity contribution in [1.82, 2.24) is 0 Å². The number of nitrogens with zero attached hydrogens (tertiary/aromatic N) is 2. The van der Waals surface area contributed by atoms with Gasteiger partial charge in [-0.3, -0.25) is 0 Å². The standard InChI is InChI=1S/C27H22Cl2N2O3.C2H6/c1-17-4-3-5-18(14-17)23(27(32)33)16-20-7-13-26(19-6-12-24(28)25(29)15-19)31(30-20)21-8-10-22(34-2)11-9-21;1-2/h3-6,8-16H,7H2,1-2H3,(H,32,33);1-2H3/b23-16+;. The highest BCUT2D eigenvalue weighted by Crippen LogP contribution is 2.34. The van der Waals surface area contributed by atoms with E-state index in [2.05, 4.69) is 0 Å². The van der Waals surface area contributed by atoms with Gasteiger partial charge in [0, 0.05) is 12.0 Å². The van der Waals surface area contributed by atoms with Crippen molar-refractivity contribution in [2.75, 3.05) is 12.1 Å². The Morgan fingerprint density at radius 3 is 2.36 bits per heavy atom. The zero-order valence-electron chi connectivity index (χ0n) is 20.6. The van der Waals surface area contributed by atoms with Crippen molar-refractivity contribution in [3.8, 4) is 5.75 Å². The third kappa shape index (κ3) is 6.36. The quantitative estimate of drug-likeness (QED) is 0.332. The largest absolute Gasteiger partial charge is 0.497 e. The molecule has 1 aliphatic heterocycles. The van der Waals surface area contributed by atoms with E-state index in [-0.39, 0.29) is 5.57 Å².